The molecule has 0 heterocycles. The van der Waals surface area contributed by atoms with E-state index < -0.39 is 11.6 Å². The van der Waals surface area contributed by atoms with Crippen molar-refractivity contribution in [2.24, 2.45) is 0 Å². The summed E-state index contributed by atoms with van der Waals surface area (Å²) in [5, 5.41) is 8.67. The number of nitriles is 1. The quantitative estimate of drug-likeness (QED) is 0.874. The predicted octanol–water partition coefficient (Wildman–Crippen LogP) is 3.06. The summed E-state index contributed by atoms with van der Waals surface area (Å²) in [6.45, 7) is 0.310. The summed E-state index contributed by atoms with van der Waals surface area (Å²) >= 11 is 0. The third kappa shape index (κ3) is 2.86. The number of benzene rings is 2. The van der Waals surface area contributed by atoms with Crippen molar-refractivity contribution in [2.45, 2.75) is 6.54 Å². The van der Waals surface area contributed by atoms with Crippen LogP contribution < -0.4 is 10.6 Å². The third-order valence-corrected chi connectivity index (χ3v) is 2.90. The van der Waals surface area contributed by atoms with E-state index in [9.17, 15) is 8.78 Å². The van der Waals surface area contributed by atoms with Gasteiger partial charge in [0.1, 0.15) is 5.69 Å². The second-order valence-electron chi connectivity index (χ2n) is 4.50. The molecule has 0 saturated carbocycles. The van der Waals surface area contributed by atoms with Crippen molar-refractivity contribution >= 4 is 11.4 Å². The lowest BCUT2D eigenvalue weighted by atomic mass is 10.1. The van der Waals surface area contributed by atoms with Crippen LogP contribution in [0.3, 0.4) is 0 Å². The summed E-state index contributed by atoms with van der Waals surface area (Å²) in [4.78, 5) is 1.45. The highest BCUT2D eigenvalue weighted by molar-refractivity contribution is 5.53. The molecule has 0 saturated heterocycles. The van der Waals surface area contributed by atoms with Crippen molar-refractivity contribution in [1.82, 2.24) is 0 Å². The maximum atomic E-state index is 13.9. The van der Waals surface area contributed by atoms with Crippen molar-refractivity contribution < 1.29 is 8.78 Å². The molecule has 3 nitrogen and oxygen atoms in total. The van der Waals surface area contributed by atoms with Crippen LogP contribution in [0.2, 0.25) is 0 Å². The first-order valence-electron chi connectivity index (χ1n) is 5.96. The van der Waals surface area contributed by atoms with Gasteiger partial charge in [0.25, 0.3) is 0 Å². The van der Waals surface area contributed by atoms with E-state index in [0.29, 0.717) is 12.2 Å². The summed E-state index contributed by atoms with van der Waals surface area (Å²) < 4.78 is 27.7. The van der Waals surface area contributed by atoms with Gasteiger partial charge in [-0.15, -0.1) is 0 Å². The smallest absolute Gasteiger partial charge is 0.150 e. The molecule has 2 aromatic carbocycles. The Labute approximate surface area is 115 Å². The Morgan fingerprint density at radius 3 is 2.40 bits per heavy atom. The number of rotatable bonds is 3. The van der Waals surface area contributed by atoms with E-state index in [1.54, 1.807) is 31.3 Å². The summed E-state index contributed by atoms with van der Waals surface area (Å²) in [6.07, 6.45) is 0. The lowest BCUT2D eigenvalue weighted by Crippen LogP contribution is -2.19. The number of hydrogen-bond donors (Lipinski definition) is 1. The van der Waals surface area contributed by atoms with Crippen molar-refractivity contribution in [3.8, 4) is 6.07 Å². The molecule has 2 rings (SSSR count). The maximum Gasteiger partial charge on any atom is 0.150 e. The highest BCUT2D eigenvalue weighted by Gasteiger charge is 2.15. The van der Waals surface area contributed by atoms with Gasteiger partial charge in [-0.1, -0.05) is 12.1 Å². The molecule has 0 fully saturated rings. The van der Waals surface area contributed by atoms with E-state index in [0.717, 1.165) is 17.7 Å². The fraction of sp³-hybridized carbons (Fsp3) is 0.133. The van der Waals surface area contributed by atoms with Crippen LogP contribution >= 0.6 is 0 Å². The van der Waals surface area contributed by atoms with Gasteiger partial charge in [0, 0.05) is 19.3 Å². The number of halogens is 2. The van der Waals surface area contributed by atoms with E-state index in [-0.39, 0.29) is 11.3 Å². The molecule has 2 N–H and O–H groups in total. The molecule has 2 aromatic rings. The zero-order chi connectivity index (χ0) is 14.7. The average Bonchev–Trinajstić information content (AvgIpc) is 2.37. The second kappa shape index (κ2) is 5.57. The van der Waals surface area contributed by atoms with Gasteiger partial charge in [-0.2, -0.15) is 5.26 Å². The van der Waals surface area contributed by atoms with Crippen LogP contribution in [0, 0.1) is 23.0 Å². The molecule has 0 atom stereocenters. The molecule has 0 amide bonds. The highest BCUT2D eigenvalue weighted by Crippen LogP contribution is 2.25. The first-order valence-corrected chi connectivity index (χ1v) is 5.96. The molecule has 0 aliphatic carbocycles. The van der Waals surface area contributed by atoms with Gasteiger partial charge in [-0.25, -0.2) is 8.78 Å². The number of nitrogens with two attached hydrogens (primary N) is 1. The average molecular weight is 273 g/mol. The largest absolute Gasteiger partial charge is 0.399 e. The minimum atomic E-state index is -0.757. The highest BCUT2D eigenvalue weighted by atomic mass is 19.1. The molecular weight excluding hydrogens is 260 g/mol. The van der Waals surface area contributed by atoms with E-state index in [4.69, 9.17) is 11.0 Å². The maximum absolute atomic E-state index is 13.9. The number of anilines is 2. The van der Waals surface area contributed by atoms with Crippen LogP contribution in [0.4, 0.5) is 20.2 Å². The Morgan fingerprint density at radius 2 is 1.85 bits per heavy atom. The molecule has 0 spiro atoms. The first kappa shape index (κ1) is 13.8. The molecule has 0 aliphatic rings. The van der Waals surface area contributed by atoms with Gasteiger partial charge < -0.3 is 10.6 Å². The van der Waals surface area contributed by atoms with Crippen molar-refractivity contribution in [3.05, 3.63) is 59.2 Å². The zero-order valence-corrected chi connectivity index (χ0v) is 10.9. The van der Waals surface area contributed by atoms with Gasteiger partial charge in [-0.05, 0) is 29.8 Å². The van der Waals surface area contributed by atoms with Crippen molar-refractivity contribution in [1.29, 1.82) is 5.26 Å². The Hall–Kier alpha value is -2.61. The van der Waals surface area contributed by atoms with Gasteiger partial charge >= 0.3 is 0 Å². The molecular formula is C15H13F2N3. The van der Waals surface area contributed by atoms with E-state index in [1.165, 1.54) is 4.90 Å². The van der Waals surface area contributed by atoms with Crippen molar-refractivity contribution in [3.63, 3.8) is 0 Å². The summed E-state index contributed by atoms with van der Waals surface area (Å²) in [5.41, 5.74) is 6.90. The normalized spacial score (nSPS) is 10.1. The SMILES string of the molecule is CN(Cc1cccc(N)c1)c1c(F)cc(C#N)cc1F. The fourth-order valence-corrected chi connectivity index (χ4v) is 2.04. The first-order chi connectivity index (χ1) is 9.51. The lowest BCUT2D eigenvalue weighted by Gasteiger charge is -2.21. The predicted molar refractivity (Wildman–Crippen MR) is 74.0 cm³/mol. The van der Waals surface area contributed by atoms with Crippen LogP contribution in [0.25, 0.3) is 0 Å². The van der Waals surface area contributed by atoms with Crippen molar-refractivity contribution in [2.75, 3.05) is 17.7 Å². The Balaban J connectivity index is 2.30. The van der Waals surface area contributed by atoms with E-state index >= 15 is 0 Å². The van der Waals surface area contributed by atoms with Gasteiger partial charge in [0.2, 0.25) is 0 Å². The molecule has 0 unspecified atom stereocenters. The summed E-state index contributed by atoms with van der Waals surface area (Å²) in [6, 6.07) is 10.9. The Morgan fingerprint density at radius 1 is 1.20 bits per heavy atom. The van der Waals surface area contributed by atoms with Gasteiger partial charge in [0.05, 0.1) is 11.6 Å². The third-order valence-electron chi connectivity index (χ3n) is 2.90. The molecule has 0 bridgehead atoms. The number of nitrogen functional groups attached to an aromatic ring is 1. The topological polar surface area (TPSA) is 53.0 Å². The minimum Gasteiger partial charge on any atom is -0.399 e. The van der Waals surface area contributed by atoms with Gasteiger partial charge in [0.15, 0.2) is 11.6 Å². The molecule has 5 heteroatoms. The number of hydrogen-bond acceptors (Lipinski definition) is 3. The molecule has 20 heavy (non-hydrogen) atoms. The van der Waals surface area contributed by atoms with Crippen LogP contribution in [-0.4, -0.2) is 7.05 Å². The summed E-state index contributed by atoms with van der Waals surface area (Å²) in [5.74, 6) is -1.51. The van der Waals surface area contributed by atoms with Gasteiger partial charge in [-0.3, -0.25) is 0 Å². The van der Waals surface area contributed by atoms with Crippen LogP contribution in [-0.2, 0) is 6.54 Å². The van der Waals surface area contributed by atoms with Crippen LogP contribution in [0.15, 0.2) is 36.4 Å². The van der Waals surface area contributed by atoms with Crippen LogP contribution in [0.1, 0.15) is 11.1 Å². The molecule has 0 radical (unpaired) electrons. The van der Waals surface area contributed by atoms with E-state index in [2.05, 4.69) is 0 Å². The minimum absolute atomic E-state index is 0.0406. The number of nitrogens with zero attached hydrogens (tertiary/aromatic N) is 2. The monoisotopic (exact) mass is 273 g/mol. The van der Waals surface area contributed by atoms with Crippen LogP contribution in [0.5, 0.6) is 0 Å². The second-order valence-corrected chi connectivity index (χ2v) is 4.50. The Kier molecular flexibility index (Phi) is 3.85. The Bertz CT molecular complexity index is 654. The molecule has 0 aromatic heterocycles. The fourth-order valence-electron chi connectivity index (χ4n) is 2.04. The standard InChI is InChI=1S/C15H13F2N3/c1-20(9-10-3-2-4-12(19)5-10)15-13(16)6-11(8-18)7-14(15)17/h2-7H,9,19H2,1H3. The lowest BCUT2D eigenvalue weighted by molar-refractivity contribution is 0.576. The van der Waals surface area contributed by atoms with E-state index in [1.807, 2.05) is 6.07 Å². The zero-order valence-electron chi connectivity index (χ0n) is 10.9. The molecule has 0 aliphatic heterocycles. The summed E-state index contributed by atoms with van der Waals surface area (Å²) in [7, 11) is 1.58. The molecule has 102 valence electrons.